The molecule has 1 aromatic carbocycles. The van der Waals surface area contributed by atoms with E-state index in [2.05, 4.69) is 21.2 Å². The summed E-state index contributed by atoms with van der Waals surface area (Å²) < 4.78 is 15.0. The number of aliphatic hydroxyl groups is 1. The van der Waals surface area contributed by atoms with Gasteiger partial charge in [0.15, 0.2) is 0 Å². The van der Waals surface area contributed by atoms with Crippen molar-refractivity contribution in [2.24, 2.45) is 0 Å². The summed E-state index contributed by atoms with van der Waals surface area (Å²) in [6, 6.07) is 5.59. The highest BCUT2D eigenvalue weighted by atomic mass is 32.1. The van der Waals surface area contributed by atoms with Crippen LogP contribution in [-0.2, 0) is 12.0 Å². The van der Waals surface area contributed by atoms with Crippen molar-refractivity contribution in [3.63, 3.8) is 0 Å². The Kier molecular flexibility index (Phi) is 4.91. The highest BCUT2D eigenvalue weighted by molar-refractivity contribution is 7.09. The molecule has 1 N–H and O–H groups in total. The maximum atomic E-state index is 11.1. The Morgan fingerprint density at radius 1 is 1.17 bits per heavy atom. The van der Waals surface area contributed by atoms with Crippen molar-refractivity contribution < 1.29 is 14.6 Å². The second-order valence-electron chi connectivity index (χ2n) is 5.97. The van der Waals surface area contributed by atoms with Gasteiger partial charge in [-0.25, -0.2) is 4.98 Å². The molecule has 1 aromatic heterocycles. The summed E-state index contributed by atoms with van der Waals surface area (Å²) in [4.78, 5) is 6.74. The molecule has 2 heterocycles. The fraction of sp³-hybridized carbons (Fsp3) is 0.529. The topological polar surface area (TPSA) is 67.7 Å². The third-order valence-electron chi connectivity index (χ3n) is 4.52. The van der Waals surface area contributed by atoms with Crippen LogP contribution in [0.3, 0.4) is 0 Å². The van der Waals surface area contributed by atoms with Crippen LogP contribution in [0.5, 0.6) is 11.5 Å². The first-order valence-electron chi connectivity index (χ1n) is 8.11. The van der Waals surface area contributed by atoms with Crippen LogP contribution in [0.15, 0.2) is 18.2 Å². The van der Waals surface area contributed by atoms with Crippen LogP contribution in [0, 0.1) is 0 Å². The Morgan fingerprint density at radius 2 is 1.79 bits per heavy atom. The summed E-state index contributed by atoms with van der Waals surface area (Å²) in [7, 11) is 3.23. The van der Waals surface area contributed by atoms with Crippen LogP contribution in [0.25, 0.3) is 0 Å². The Hall–Kier alpha value is -1.86. The van der Waals surface area contributed by atoms with Crippen molar-refractivity contribution in [1.29, 1.82) is 0 Å². The number of benzene rings is 1. The third kappa shape index (κ3) is 3.32. The molecule has 3 rings (SSSR count). The smallest absolute Gasteiger partial charge is 0.205 e. The summed E-state index contributed by atoms with van der Waals surface area (Å²) in [5.74, 6) is 2.27. The van der Waals surface area contributed by atoms with E-state index in [1.807, 2.05) is 18.2 Å². The minimum absolute atomic E-state index is 0.629. The van der Waals surface area contributed by atoms with Crippen molar-refractivity contribution in [1.82, 2.24) is 9.36 Å². The predicted molar refractivity (Wildman–Crippen MR) is 94.2 cm³/mol. The lowest BCUT2D eigenvalue weighted by Gasteiger charge is -2.38. The zero-order valence-electron chi connectivity index (χ0n) is 14.3. The van der Waals surface area contributed by atoms with E-state index in [0.717, 1.165) is 36.0 Å². The van der Waals surface area contributed by atoms with Crippen LogP contribution < -0.4 is 14.4 Å². The van der Waals surface area contributed by atoms with Crippen molar-refractivity contribution in [3.05, 3.63) is 29.6 Å². The summed E-state index contributed by atoms with van der Waals surface area (Å²) >= 11 is 1.43. The first kappa shape index (κ1) is 17.0. The number of anilines is 1. The first-order chi connectivity index (χ1) is 11.6. The quantitative estimate of drug-likeness (QED) is 0.895. The molecule has 0 aliphatic carbocycles. The van der Waals surface area contributed by atoms with Gasteiger partial charge in [-0.1, -0.05) is 6.92 Å². The number of piperidine rings is 1. The summed E-state index contributed by atoms with van der Waals surface area (Å²) in [5, 5.41) is 12.1. The lowest BCUT2D eigenvalue weighted by atomic mass is 9.84. The summed E-state index contributed by atoms with van der Waals surface area (Å²) in [6.45, 7) is 3.54. The summed E-state index contributed by atoms with van der Waals surface area (Å²) in [5.41, 5.74) is -0.0405. The van der Waals surface area contributed by atoms with E-state index in [9.17, 15) is 5.11 Å². The third-order valence-corrected chi connectivity index (χ3v) is 5.34. The molecule has 2 aromatic rings. The minimum Gasteiger partial charge on any atom is -0.497 e. The van der Waals surface area contributed by atoms with Crippen LogP contribution in [0.1, 0.15) is 31.2 Å². The molecule has 0 spiro atoms. The standard InChI is InChI=1S/C17H23N3O3S/c1-4-15-18-16(24-19-15)20-7-5-17(21,6-8-20)12-9-13(22-2)11-14(10-12)23-3/h9-11,21H,4-8H2,1-3H3. The van der Waals surface area contributed by atoms with Gasteiger partial charge in [0.25, 0.3) is 0 Å². The van der Waals surface area contributed by atoms with Gasteiger partial charge >= 0.3 is 0 Å². The van der Waals surface area contributed by atoms with Gasteiger partial charge in [-0.05, 0) is 30.5 Å². The van der Waals surface area contributed by atoms with E-state index in [4.69, 9.17) is 9.47 Å². The van der Waals surface area contributed by atoms with Crippen LogP contribution in [-0.4, -0.2) is 41.8 Å². The summed E-state index contributed by atoms with van der Waals surface area (Å²) in [6.07, 6.45) is 2.10. The van der Waals surface area contributed by atoms with Gasteiger partial charge in [-0.3, -0.25) is 0 Å². The molecule has 1 fully saturated rings. The molecular formula is C17H23N3O3S. The number of hydrogen-bond donors (Lipinski definition) is 1. The van der Waals surface area contributed by atoms with Crippen LogP contribution in [0.2, 0.25) is 0 Å². The van der Waals surface area contributed by atoms with Crippen molar-refractivity contribution in [2.75, 3.05) is 32.2 Å². The maximum absolute atomic E-state index is 11.1. The lowest BCUT2D eigenvalue weighted by Crippen LogP contribution is -2.42. The molecule has 0 atom stereocenters. The molecule has 24 heavy (non-hydrogen) atoms. The first-order valence-corrected chi connectivity index (χ1v) is 8.89. The molecule has 130 valence electrons. The SMILES string of the molecule is CCc1nsc(N2CCC(O)(c3cc(OC)cc(OC)c3)CC2)n1. The van der Waals surface area contributed by atoms with E-state index < -0.39 is 5.60 Å². The average molecular weight is 349 g/mol. The molecular weight excluding hydrogens is 326 g/mol. The normalized spacial score (nSPS) is 16.9. The Bertz CT molecular complexity index is 674. The van der Waals surface area contributed by atoms with Crippen molar-refractivity contribution >= 4 is 16.7 Å². The minimum atomic E-state index is -0.878. The van der Waals surface area contributed by atoms with E-state index >= 15 is 0 Å². The number of methoxy groups -OCH3 is 2. The van der Waals surface area contributed by atoms with Crippen molar-refractivity contribution in [2.45, 2.75) is 31.8 Å². The molecule has 0 radical (unpaired) electrons. The van der Waals surface area contributed by atoms with E-state index in [0.29, 0.717) is 24.3 Å². The highest BCUT2D eigenvalue weighted by Crippen LogP contribution is 2.38. The average Bonchev–Trinajstić information content (AvgIpc) is 3.11. The highest BCUT2D eigenvalue weighted by Gasteiger charge is 2.35. The van der Waals surface area contributed by atoms with Crippen LogP contribution in [0.4, 0.5) is 5.13 Å². The number of rotatable bonds is 5. The largest absolute Gasteiger partial charge is 0.497 e. The van der Waals surface area contributed by atoms with Gasteiger partial charge in [0.05, 0.1) is 19.8 Å². The zero-order valence-corrected chi connectivity index (χ0v) is 15.1. The van der Waals surface area contributed by atoms with Crippen molar-refractivity contribution in [3.8, 4) is 11.5 Å². The number of aromatic nitrogens is 2. The molecule has 7 heteroatoms. The molecule has 0 bridgehead atoms. The molecule has 0 unspecified atom stereocenters. The Labute approximate surface area is 146 Å². The fourth-order valence-corrected chi connectivity index (χ4v) is 3.75. The number of nitrogens with zero attached hydrogens (tertiary/aromatic N) is 3. The number of ether oxygens (including phenoxy) is 2. The molecule has 6 nitrogen and oxygen atoms in total. The second-order valence-corrected chi connectivity index (χ2v) is 6.70. The fourth-order valence-electron chi connectivity index (χ4n) is 2.95. The Morgan fingerprint density at radius 3 is 2.29 bits per heavy atom. The van der Waals surface area contributed by atoms with Gasteiger partial charge in [-0.2, -0.15) is 4.37 Å². The van der Waals surface area contributed by atoms with Crippen LogP contribution >= 0.6 is 11.5 Å². The van der Waals surface area contributed by atoms with Gasteiger partial charge in [0.2, 0.25) is 5.13 Å². The lowest BCUT2D eigenvalue weighted by molar-refractivity contribution is 0.0114. The monoisotopic (exact) mass is 349 g/mol. The Balaban J connectivity index is 1.76. The molecule has 1 aliphatic rings. The second kappa shape index (κ2) is 6.94. The van der Waals surface area contributed by atoms with E-state index in [1.54, 1.807) is 14.2 Å². The number of aryl methyl sites for hydroxylation is 1. The van der Waals surface area contributed by atoms with Gasteiger partial charge in [0, 0.05) is 37.1 Å². The van der Waals surface area contributed by atoms with Gasteiger partial charge in [-0.15, -0.1) is 0 Å². The van der Waals surface area contributed by atoms with E-state index in [-0.39, 0.29) is 0 Å². The number of hydrogen-bond acceptors (Lipinski definition) is 7. The molecule has 1 aliphatic heterocycles. The zero-order chi connectivity index (χ0) is 17.2. The molecule has 0 amide bonds. The maximum Gasteiger partial charge on any atom is 0.205 e. The van der Waals surface area contributed by atoms with E-state index in [1.165, 1.54) is 11.5 Å². The predicted octanol–water partition coefficient (Wildman–Crippen LogP) is 2.61. The molecule has 0 saturated carbocycles. The van der Waals surface area contributed by atoms with Gasteiger partial charge in [0.1, 0.15) is 17.3 Å². The van der Waals surface area contributed by atoms with Gasteiger partial charge < -0.3 is 19.5 Å². The molecule has 1 saturated heterocycles.